The molecule has 33 heavy (non-hydrogen) atoms. The minimum absolute atomic E-state index is 0.0479. The maximum Gasteiger partial charge on any atom is 0.410 e. The molecule has 1 aliphatic rings. The standard InChI is InChI=1S/C22H23ClFN3O6/c1-26(7-8-28)19(29)15-3-2-4-18(11-15)27-6-5-22(32,20(27)30)33-21(31)25-13-14-9-16(23)12-17(24)10-14/h2-4,9-12,28,32H,5-8,13H2,1H3,(H,25,31)/t22-/m0/s1. The number of rotatable bonds is 7. The number of amides is 3. The summed E-state index contributed by atoms with van der Waals surface area (Å²) in [5.41, 5.74) is 1.01. The molecule has 2 aromatic carbocycles. The highest BCUT2D eigenvalue weighted by Gasteiger charge is 2.49. The summed E-state index contributed by atoms with van der Waals surface area (Å²) < 4.78 is 18.4. The third-order valence-corrected chi connectivity index (χ3v) is 5.28. The number of anilines is 1. The van der Waals surface area contributed by atoms with Gasteiger partial charge in [-0.05, 0) is 42.0 Å². The molecule has 2 aromatic rings. The molecule has 0 radical (unpaired) electrons. The number of nitrogens with one attached hydrogen (secondary N) is 1. The molecule has 1 atom stereocenters. The van der Waals surface area contributed by atoms with E-state index in [0.717, 1.165) is 6.07 Å². The van der Waals surface area contributed by atoms with Crippen molar-refractivity contribution in [3.05, 3.63) is 64.4 Å². The molecule has 0 bridgehead atoms. The van der Waals surface area contributed by atoms with Crippen LogP contribution >= 0.6 is 11.6 Å². The quantitative estimate of drug-likeness (QED) is 0.522. The Morgan fingerprint density at radius 3 is 2.76 bits per heavy atom. The number of alkyl carbamates (subject to hydrolysis) is 1. The van der Waals surface area contributed by atoms with Crippen LogP contribution < -0.4 is 10.2 Å². The van der Waals surface area contributed by atoms with Crippen molar-refractivity contribution < 1.29 is 33.7 Å². The van der Waals surface area contributed by atoms with Gasteiger partial charge in [0, 0.05) is 49.4 Å². The lowest BCUT2D eigenvalue weighted by atomic mass is 10.1. The molecular formula is C22H23ClFN3O6. The van der Waals surface area contributed by atoms with Gasteiger partial charge in [-0.15, -0.1) is 0 Å². The van der Waals surface area contributed by atoms with E-state index in [1.165, 1.54) is 35.0 Å². The zero-order valence-electron chi connectivity index (χ0n) is 17.8. The lowest BCUT2D eigenvalue weighted by molar-refractivity contribution is -0.175. The number of carbonyl (C=O) groups excluding carboxylic acids is 3. The van der Waals surface area contributed by atoms with Gasteiger partial charge in [0.2, 0.25) is 0 Å². The van der Waals surface area contributed by atoms with Gasteiger partial charge in [0.25, 0.3) is 17.6 Å². The van der Waals surface area contributed by atoms with Crippen molar-refractivity contribution in [2.45, 2.75) is 18.8 Å². The Morgan fingerprint density at radius 2 is 2.06 bits per heavy atom. The molecule has 0 aliphatic carbocycles. The van der Waals surface area contributed by atoms with E-state index in [1.807, 2.05) is 0 Å². The van der Waals surface area contributed by atoms with Crippen LogP contribution in [0.1, 0.15) is 22.3 Å². The zero-order chi connectivity index (χ0) is 24.2. The van der Waals surface area contributed by atoms with E-state index in [2.05, 4.69) is 5.32 Å². The third-order valence-electron chi connectivity index (χ3n) is 5.06. The first kappa shape index (κ1) is 24.4. The summed E-state index contributed by atoms with van der Waals surface area (Å²) in [5, 5.41) is 22.1. The molecule has 0 aromatic heterocycles. The third kappa shape index (κ3) is 5.78. The van der Waals surface area contributed by atoms with Gasteiger partial charge < -0.3 is 30.1 Å². The Morgan fingerprint density at radius 1 is 1.30 bits per heavy atom. The first-order valence-electron chi connectivity index (χ1n) is 10.1. The molecule has 1 saturated heterocycles. The number of aliphatic hydroxyl groups excluding tert-OH is 1. The van der Waals surface area contributed by atoms with Crippen LogP contribution in [-0.4, -0.2) is 65.6 Å². The van der Waals surface area contributed by atoms with Crippen LogP contribution in [0.5, 0.6) is 0 Å². The maximum absolute atomic E-state index is 13.4. The number of nitrogens with zero attached hydrogens (tertiary/aromatic N) is 2. The van der Waals surface area contributed by atoms with Crippen molar-refractivity contribution in [1.82, 2.24) is 10.2 Å². The molecule has 3 amide bonds. The second kappa shape index (κ2) is 10.2. The molecular weight excluding hydrogens is 457 g/mol. The largest absolute Gasteiger partial charge is 0.410 e. The van der Waals surface area contributed by atoms with Crippen LogP contribution in [0.3, 0.4) is 0 Å². The predicted molar refractivity (Wildman–Crippen MR) is 117 cm³/mol. The van der Waals surface area contributed by atoms with Crippen LogP contribution in [0.4, 0.5) is 14.9 Å². The summed E-state index contributed by atoms with van der Waals surface area (Å²) in [6.45, 7) is -0.122. The van der Waals surface area contributed by atoms with E-state index < -0.39 is 23.6 Å². The Balaban J connectivity index is 1.65. The molecule has 3 N–H and O–H groups in total. The van der Waals surface area contributed by atoms with E-state index in [-0.39, 0.29) is 43.6 Å². The number of benzene rings is 2. The fraction of sp³-hybridized carbons (Fsp3) is 0.318. The highest BCUT2D eigenvalue weighted by Crippen LogP contribution is 2.30. The van der Waals surface area contributed by atoms with Crippen LogP contribution in [0.15, 0.2) is 42.5 Å². The molecule has 0 saturated carbocycles. The molecule has 11 heteroatoms. The number of hydrogen-bond acceptors (Lipinski definition) is 6. The summed E-state index contributed by atoms with van der Waals surface area (Å²) in [6, 6.07) is 9.95. The molecule has 3 rings (SSSR count). The minimum Gasteiger partial charge on any atom is -0.407 e. The molecule has 176 valence electrons. The highest BCUT2D eigenvalue weighted by atomic mass is 35.5. The normalized spacial score (nSPS) is 17.7. The van der Waals surface area contributed by atoms with Crippen molar-refractivity contribution in [3.8, 4) is 0 Å². The van der Waals surface area contributed by atoms with E-state index in [1.54, 1.807) is 18.2 Å². The highest BCUT2D eigenvalue weighted by molar-refractivity contribution is 6.30. The predicted octanol–water partition coefficient (Wildman–Crippen LogP) is 1.90. The number of ether oxygens (including phenoxy) is 1. The lowest BCUT2D eigenvalue weighted by Gasteiger charge is -2.23. The summed E-state index contributed by atoms with van der Waals surface area (Å²) in [7, 11) is 1.54. The zero-order valence-corrected chi connectivity index (χ0v) is 18.5. The van der Waals surface area contributed by atoms with Crippen LogP contribution in [0.25, 0.3) is 0 Å². The Labute approximate surface area is 194 Å². The first-order valence-corrected chi connectivity index (χ1v) is 10.4. The van der Waals surface area contributed by atoms with Crippen LogP contribution in [-0.2, 0) is 16.1 Å². The van der Waals surface area contributed by atoms with Gasteiger partial charge in [0.1, 0.15) is 5.82 Å². The second-order valence-electron chi connectivity index (χ2n) is 7.51. The topological polar surface area (TPSA) is 119 Å². The average Bonchev–Trinajstić information content (AvgIpc) is 3.05. The second-order valence-corrected chi connectivity index (χ2v) is 7.95. The molecule has 0 unspecified atom stereocenters. The molecule has 1 heterocycles. The molecule has 1 fully saturated rings. The van der Waals surface area contributed by atoms with Crippen molar-refractivity contribution in [2.24, 2.45) is 0 Å². The number of aliphatic hydroxyl groups is 2. The molecule has 0 spiro atoms. The smallest absolute Gasteiger partial charge is 0.407 e. The summed E-state index contributed by atoms with van der Waals surface area (Å²) in [5.74, 6) is -4.17. The molecule has 9 nitrogen and oxygen atoms in total. The van der Waals surface area contributed by atoms with Crippen LogP contribution in [0.2, 0.25) is 5.02 Å². The van der Waals surface area contributed by atoms with Crippen molar-refractivity contribution in [3.63, 3.8) is 0 Å². The number of halogens is 2. The lowest BCUT2D eigenvalue weighted by Crippen LogP contribution is -2.46. The fourth-order valence-electron chi connectivity index (χ4n) is 3.38. The fourth-order valence-corrected chi connectivity index (χ4v) is 3.62. The van der Waals surface area contributed by atoms with Crippen molar-refractivity contribution >= 4 is 35.2 Å². The van der Waals surface area contributed by atoms with Gasteiger partial charge in [-0.25, -0.2) is 9.18 Å². The number of likely N-dealkylation sites (N-methyl/N-ethyl adjacent to an activating group) is 1. The van der Waals surface area contributed by atoms with Crippen molar-refractivity contribution in [1.29, 1.82) is 0 Å². The summed E-state index contributed by atoms with van der Waals surface area (Å²) in [6.07, 6.45) is -1.25. The summed E-state index contributed by atoms with van der Waals surface area (Å²) >= 11 is 5.77. The van der Waals surface area contributed by atoms with Gasteiger partial charge in [0.05, 0.1) is 6.61 Å². The minimum atomic E-state index is -2.39. The van der Waals surface area contributed by atoms with Gasteiger partial charge in [-0.3, -0.25) is 9.59 Å². The summed E-state index contributed by atoms with van der Waals surface area (Å²) in [4.78, 5) is 40.0. The van der Waals surface area contributed by atoms with Gasteiger partial charge >= 0.3 is 6.09 Å². The van der Waals surface area contributed by atoms with Gasteiger partial charge in [-0.2, -0.15) is 0 Å². The SMILES string of the molecule is CN(CCO)C(=O)c1cccc(N2CC[C@](O)(OC(=O)NCc3cc(F)cc(Cl)c3)C2=O)c1. The van der Waals surface area contributed by atoms with Crippen LogP contribution in [0, 0.1) is 5.82 Å². The number of hydrogen-bond donors (Lipinski definition) is 3. The van der Waals surface area contributed by atoms with E-state index in [0.29, 0.717) is 16.8 Å². The Hall–Kier alpha value is -3.21. The van der Waals surface area contributed by atoms with E-state index in [9.17, 15) is 23.9 Å². The molecule has 1 aliphatic heterocycles. The maximum atomic E-state index is 13.4. The van der Waals surface area contributed by atoms with Gasteiger partial charge in [-0.1, -0.05) is 17.7 Å². The monoisotopic (exact) mass is 479 g/mol. The van der Waals surface area contributed by atoms with Crippen molar-refractivity contribution in [2.75, 3.05) is 31.6 Å². The number of carbonyl (C=O) groups is 3. The van der Waals surface area contributed by atoms with Gasteiger partial charge in [0.15, 0.2) is 0 Å². The first-order chi connectivity index (χ1) is 15.6. The Kier molecular flexibility index (Phi) is 7.52. The van der Waals surface area contributed by atoms with E-state index in [4.69, 9.17) is 21.4 Å². The Bertz CT molecular complexity index is 1050. The van der Waals surface area contributed by atoms with E-state index >= 15 is 0 Å². The average molecular weight is 480 g/mol.